The predicted molar refractivity (Wildman–Crippen MR) is 116 cm³/mol. The summed E-state index contributed by atoms with van der Waals surface area (Å²) in [5, 5.41) is 15.2. The SMILES string of the molecule is C[C@@H](OC(=O)/C(=C/c1ccc(F)cc1)c1cccs1)C(=O)Nc1cccc([N+](=O)[O-])c1. The summed E-state index contributed by atoms with van der Waals surface area (Å²) in [4.78, 5) is 36.1. The molecule has 0 unspecified atom stereocenters. The number of halogens is 1. The van der Waals surface area contributed by atoms with Crippen molar-refractivity contribution in [2.45, 2.75) is 13.0 Å². The van der Waals surface area contributed by atoms with E-state index in [9.17, 15) is 24.1 Å². The van der Waals surface area contributed by atoms with Gasteiger partial charge in [0, 0.05) is 22.7 Å². The summed E-state index contributed by atoms with van der Waals surface area (Å²) in [5.41, 5.74) is 0.846. The molecule has 0 aliphatic carbocycles. The Balaban J connectivity index is 1.75. The van der Waals surface area contributed by atoms with Crippen LogP contribution in [0.2, 0.25) is 0 Å². The maximum Gasteiger partial charge on any atom is 0.340 e. The van der Waals surface area contributed by atoms with Crippen LogP contribution in [0.1, 0.15) is 17.4 Å². The third kappa shape index (κ3) is 5.83. The van der Waals surface area contributed by atoms with Crippen LogP contribution in [0.15, 0.2) is 66.0 Å². The highest BCUT2D eigenvalue weighted by molar-refractivity contribution is 7.11. The first-order valence-electron chi connectivity index (χ1n) is 9.11. The van der Waals surface area contributed by atoms with E-state index in [2.05, 4.69) is 5.32 Å². The van der Waals surface area contributed by atoms with E-state index in [1.54, 1.807) is 23.6 Å². The Morgan fingerprint density at radius 1 is 1.16 bits per heavy atom. The van der Waals surface area contributed by atoms with E-state index in [-0.39, 0.29) is 16.9 Å². The van der Waals surface area contributed by atoms with Crippen LogP contribution in [0.3, 0.4) is 0 Å². The van der Waals surface area contributed by atoms with Gasteiger partial charge in [-0.15, -0.1) is 11.3 Å². The van der Waals surface area contributed by atoms with Crippen molar-refractivity contribution in [3.8, 4) is 0 Å². The summed E-state index contributed by atoms with van der Waals surface area (Å²) >= 11 is 1.32. The minimum Gasteiger partial charge on any atom is -0.449 e. The van der Waals surface area contributed by atoms with Crippen molar-refractivity contribution in [2.24, 2.45) is 0 Å². The molecule has 2 aromatic carbocycles. The Labute approximate surface area is 180 Å². The predicted octanol–water partition coefficient (Wildman–Crippen LogP) is 4.91. The molecule has 0 saturated heterocycles. The molecule has 1 heterocycles. The molecule has 0 aliphatic rings. The van der Waals surface area contributed by atoms with Crippen molar-refractivity contribution in [1.82, 2.24) is 0 Å². The first kappa shape index (κ1) is 21.8. The Morgan fingerprint density at radius 3 is 2.55 bits per heavy atom. The number of nitro benzene ring substituents is 1. The number of nitrogens with one attached hydrogen (secondary N) is 1. The van der Waals surface area contributed by atoms with Gasteiger partial charge >= 0.3 is 5.97 Å². The molecule has 1 atom stereocenters. The Hall–Kier alpha value is -3.85. The van der Waals surface area contributed by atoms with Gasteiger partial charge in [-0.05, 0) is 48.2 Å². The summed E-state index contributed by atoms with van der Waals surface area (Å²) in [6.07, 6.45) is 0.391. The largest absolute Gasteiger partial charge is 0.449 e. The number of ether oxygens (including phenoxy) is 1. The number of carbonyl (C=O) groups excluding carboxylic acids is 2. The zero-order chi connectivity index (χ0) is 22.4. The van der Waals surface area contributed by atoms with Crippen molar-refractivity contribution in [1.29, 1.82) is 0 Å². The van der Waals surface area contributed by atoms with E-state index >= 15 is 0 Å². The molecule has 1 N–H and O–H groups in total. The number of esters is 1. The van der Waals surface area contributed by atoms with Crippen LogP contribution in [0.25, 0.3) is 11.6 Å². The second kappa shape index (κ2) is 9.77. The van der Waals surface area contributed by atoms with E-state index in [1.165, 1.54) is 66.8 Å². The number of carbonyl (C=O) groups is 2. The summed E-state index contributed by atoms with van der Waals surface area (Å²) in [6, 6.07) is 14.5. The lowest BCUT2D eigenvalue weighted by molar-refractivity contribution is -0.384. The lowest BCUT2D eigenvalue weighted by Crippen LogP contribution is -2.30. The lowest BCUT2D eigenvalue weighted by Gasteiger charge is -2.14. The van der Waals surface area contributed by atoms with E-state index in [1.807, 2.05) is 0 Å². The molecule has 0 saturated carbocycles. The van der Waals surface area contributed by atoms with Crippen LogP contribution in [0.5, 0.6) is 0 Å². The number of hydrogen-bond donors (Lipinski definition) is 1. The monoisotopic (exact) mass is 440 g/mol. The van der Waals surface area contributed by atoms with Gasteiger partial charge in [0.2, 0.25) is 0 Å². The zero-order valence-corrected chi connectivity index (χ0v) is 17.1. The molecular weight excluding hydrogens is 423 g/mol. The molecule has 31 heavy (non-hydrogen) atoms. The minimum atomic E-state index is -1.16. The number of thiophene rings is 1. The average molecular weight is 440 g/mol. The van der Waals surface area contributed by atoms with Crippen LogP contribution in [-0.2, 0) is 14.3 Å². The standard InChI is InChI=1S/C22H17FN2O5S/c1-14(21(26)24-17-4-2-5-18(13-17)25(28)29)30-22(27)19(20-6-3-11-31-20)12-15-7-9-16(23)10-8-15/h2-14H,1H3,(H,24,26)/b19-12+/t14-/m1/s1. The molecule has 7 nitrogen and oxygen atoms in total. The van der Waals surface area contributed by atoms with Crippen LogP contribution >= 0.6 is 11.3 Å². The van der Waals surface area contributed by atoms with Crippen molar-refractivity contribution in [3.63, 3.8) is 0 Å². The Morgan fingerprint density at radius 2 is 1.90 bits per heavy atom. The van der Waals surface area contributed by atoms with E-state index in [0.717, 1.165) is 0 Å². The fraction of sp³-hybridized carbons (Fsp3) is 0.0909. The third-order valence-corrected chi connectivity index (χ3v) is 5.07. The fourth-order valence-electron chi connectivity index (χ4n) is 2.61. The number of hydrogen-bond acceptors (Lipinski definition) is 6. The topological polar surface area (TPSA) is 98.5 Å². The number of non-ortho nitro benzene ring substituents is 1. The van der Waals surface area contributed by atoms with Crippen molar-refractivity contribution >= 4 is 46.2 Å². The second-order valence-corrected chi connectivity index (χ2v) is 7.38. The molecule has 3 aromatic rings. The molecule has 0 spiro atoms. The van der Waals surface area contributed by atoms with Gasteiger partial charge in [0.05, 0.1) is 10.5 Å². The second-order valence-electron chi connectivity index (χ2n) is 6.43. The van der Waals surface area contributed by atoms with Gasteiger partial charge in [-0.2, -0.15) is 0 Å². The molecule has 0 bridgehead atoms. The highest BCUT2D eigenvalue weighted by atomic mass is 32.1. The van der Waals surface area contributed by atoms with Gasteiger partial charge in [-0.1, -0.05) is 24.3 Å². The van der Waals surface area contributed by atoms with Crippen LogP contribution < -0.4 is 5.32 Å². The molecule has 158 valence electrons. The van der Waals surface area contributed by atoms with E-state index < -0.39 is 28.7 Å². The molecular formula is C22H17FN2O5S. The molecule has 3 rings (SSSR count). The maximum atomic E-state index is 13.2. The van der Waals surface area contributed by atoms with Crippen molar-refractivity contribution in [3.05, 3.63) is 92.4 Å². The molecule has 0 radical (unpaired) electrons. The molecule has 1 aromatic heterocycles. The summed E-state index contributed by atoms with van der Waals surface area (Å²) in [5.74, 6) is -1.77. The zero-order valence-electron chi connectivity index (χ0n) is 16.3. The average Bonchev–Trinajstić information content (AvgIpc) is 3.27. The van der Waals surface area contributed by atoms with Gasteiger partial charge in [0.25, 0.3) is 11.6 Å². The fourth-order valence-corrected chi connectivity index (χ4v) is 3.34. The highest BCUT2D eigenvalue weighted by Crippen LogP contribution is 2.25. The smallest absolute Gasteiger partial charge is 0.340 e. The van der Waals surface area contributed by atoms with Gasteiger partial charge in [0.1, 0.15) is 5.82 Å². The minimum absolute atomic E-state index is 0.176. The molecule has 9 heteroatoms. The Kier molecular flexibility index (Phi) is 6.88. The summed E-state index contributed by atoms with van der Waals surface area (Å²) in [7, 11) is 0. The number of benzene rings is 2. The van der Waals surface area contributed by atoms with Crippen LogP contribution in [0, 0.1) is 15.9 Å². The lowest BCUT2D eigenvalue weighted by atomic mass is 10.1. The number of nitrogens with zero attached hydrogens (tertiary/aromatic N) is 1. The van der Waals surface area contributed by atoms with Gasteiger partial charge in [0.15, 0.2) is 6.10 Å². The quantitative estimate of drug-likeness (QED) is 0.244. The van der Waals surface area contributed by atoms with Gasteiger partial charge < -0.3 is 10.1 Å². The molecule has 0 fully saturated rings. The maximum absolute atomic E-state index is 13.2. The highest BCUT2D eigenvalue weighted by Gasteiger charge is 2.22. The molecule has 0 aliphatic heterocycles. The number of amides is 1. The van der Waals surface area contributed by atoms with E-state index in [4.69, 9.17) is 4.74 Å². The number of anilines is 1. The van der Waals surface area contributed by atoms with Crippen molar-refractivity contribution < 1.29 is 23.6 Å². The number of nitro groups is 1. The third-order valence-electron chi connectivity index (χ3n) is 4.17. The van der Waals surface area contributed by atoms with E-state index in [0.29, 0.717) is 10.4 Å². The Bertz CT molecular complexity index is 1130. The first-order valence-corrected chi connectivity index (χ1v) is 9.99. The van der Waals surface area contributed by atoms with Gasteiger partial charge in [-0.3, -0.25) is 14.9 Å². The normalized spacial score (nSPS) is 12.1. The van der Waals surface area contributed by atoms with Gasteiger partial charge in [-0.25, -0.2) is 9.18 Å². The summed E-state index contributed by atoms with van der Waals surface area (Å²) in [6.45, 7) is 1.40. The van der Waals surface area contributed by atoms with Crippen LogP contribution in [0.4, 0.5) is 15.8 Å². The first-order chi connectivity index (χ1) is 14.8. The molecule has 1 amide bonds. The van der Waals surface area contributed by atoms with Crippen molar-refractivity contribution in [2.75, 3.05) is 5.32 Å². The van der Waals surface area contributed by atoms with Crippen LogP contribution in [-0.4, -0.2) is 22.9 Å². The summed E-state index contributed by atoms with van der Waals surface area (Å²) < 4.78 is 18.5. The number of rotatable bonds is 7.